The Morgan fingerprint density at radius 2 is 2.15 bits per heavy atom. The zero-order chi connectivity index (χ0) is 13.4. The van der Waals surface area contributed by atoms with E-state index in [1.807, 2.05) is 18.2 Å². The van der Waals surface area contributed by atoms with Crippen LogP contribution in [0, 0.1) is 5.92 Å². The highest BCUT2D eigenvalue weighted by molar-refractivity contribution is 5.90. The summed E-state index contributed by atoms with van der Waals surface area (Å²) in [6, 6.07) is 7.24. The fraction of sp³-hybridized carbons (Fsp3) is 0.286. The Labute approximate surface area is 123 Å². The minimum Gasteiger partial charge on any atom is -0.398 e. The normalized spacial score (nSPS) is 19.4. The van der Waals surface area contributed by atoms with Gasteiger partial charge in [0.05, 0.1) is 11.4 Å². The number of nitrogens with one attached hydrogen (secondary N) is 1. The predicted octanol–water partition coefficient (Wildman–Crippen LogP) is 1.37. The molecule has 2 atom stereocenters. The van der Waals surface area contributed by atoms with Crippen LogP contribution < -0.4 is 16.8 Å². The van der Waals surface area contributed by atoms with Gasteiger partial charge in [-0.3, -0.25) is 9.78 Å². The predicted molar refractivity (Wildman–Crippen MR) is 81.4 cm³/mol. The molecule has 1 amide bonds. The van der Waals surface area contributed by atoms with Crippen molar-refractivity contribution < 1.29 is 4.79 Å². The molecule has 106 valence electrons. The summed E-state index contributed by atoms with van der Waals surface area (Å²) in [5, 5.41) is 3.72. The summed E-state index contributed by atoms with van der Waals surface area (Å²) in [5.74, 6) is -0.119. The number of benzene rings is 1. The summed E-state index contributed by atoms with van der Waals surface area (Å²) in [6.07, 6.45) is 2.46. The molecule has 1 fully saturated rings. The first kappa shape index (κ1) is 14.6. The minimum atomic E-state index is -0.296. The van der Waals surface area contributed by atoms with Gasteiger partial charge in [0.1, 0.15) is 0 Å². The van der Waals surface area contributed by atoms with Crippen molar-refractivity contribution in [2.24, 2.45) is 11.7 Å². The van der Waals surface area contributed by atoms with Crippen LogP contribution >= 0.6 is 12.4 Å². The van der Waals surface area contributed by atoms with E-state index >= 15 is 0 Å². The van der Waals surface area contributed by atoms with E-state index in [-0.39, 0.29) is 30.3 Å². The van der Waals surface area contributed by atoms with Gasteiger partial charge < -0.3 is 16.8 Å². The maximum absolute atomic E-state index is 11.7. The molecule has 1 aliphatic heterocycles. The Balaban J connectivity index is 0.00000147. The fourth-order valence-corrected chi connectivity index (χ4v) is 2.58. The van der Waals surface area contributed by atoms with E-state index in [1.165, 1.54) is 0 Å². The van der Waals surface area contributed by atoms with Crippen LogP contribution in [-0.4, -0.2) is 17.4 Å². The van der Waals surface area contributed by atoms with Crippen molar-refractivity contribution in [2.45, 2.75) is 12.5 Å². The summed E-state index contributed by atoms with van der Waals surface area (Å²) < 4.78 is 0. The molecule has 5 N–H and O–H groups in total. The molecule has 1 saturated heterocycles. The number of nitrogen functional groups attached to an aromatic ring is 1. The summed E-state index contributed by atoms with van der Waals surface area (Å²) >= 11 is 0. The second-order valence-corrected chi connectivity index (χ2v) is 4.89. The van der Waals surface area contributed by atoms with Crippen LogP contribution in [0.1, 0.15) is 18.0 Å². The van der Waals surface area contributed by atoms with E-state index in [2.05, 4.69) is 10.3 Å². The lowest BCUT2D eigenvalue weighted by Gasteiger charge is -2.17. The number of fused-ring (bicyclic) bond motifs is 1. The molecular weight excluding hydrogens is 276 g/mol. The van der Waals surface area contributed by atoms with E-state index in [9.17, 15) is 4.79 Å². The number of halogens is 1. The molecule has 0 aliphatic carbocycles. The van der Waals surface area contributed by atoms with Gasteiger partial charge in [0.25, 0.3) is 0 Å². The van der Waals surface area contributed by atoms with Crippen molar-refractivity contribution >= 4 is 34.9 Å². The second-order valence-electron chi connectivity index (χ2n) is 4.89. The molecule has 0 radical (unpaired) electrons. The third-order valence-corrected chi connectivity index (χ3v) is 3.71. The number of rotatable bonds is 2. The van der Waals surface area contributed by atoms with Crippen molar-refractivity contribution in [3.63, 3.8) is 0 Å². The summed E-state index contributed by atoms with van der Waals surface area (Å²) in [6.45, 7) is 0.704. The molecule has 1 aliphatic rings. The Morgan fingerprint density at radius 1 is 1.35 bits per heavy atom. The maximum Gasteiger partial charge on any atom is 0.225 e. The first-order valence-corrected chi connectivity index (χ1v) is 6.34. The SMILES string of the molecule is Cl.Nc1ccnc2cc(C(N)C3CCNC3=O)ccc12. The molecule has 0 saturated carbocycles. The Bertz CT molecular complexity index is 646. The number of hydrogen-bond donors (Lipinski definition) is 3. The van der Waals surface area contributed by atoms with Gasteiger partial charge in [-0.1, -0.05) is 12.1 Å². The number of carbonyl (C=O) groups excluding carboxylic acids is 1. The molecule has 2 unspecified atom stereocenters. The van der Waals surface area contributed by atoms with Crippen molar-refractivity contribution in [3.05, 3.63) is 36.0 Å². The van der Waals surface area contributed by atoms with Crippen molar-refractivity contribution in [1.82, 2.24) is 10.3 Å². The van der Waals surface area contributed by atoms with Gasteiger partial charge in [0.15, 0.2) is 0 Å². The smallest absolute Gasteiger partial charge is 0.225 e. The van der Waals surface area contributed by atoms with E-state index in [4.69, 9.17) is 11.5 Å². The zero-order valence-corrected chi connectivity index (χ0v) is 11.7. The second kappa shape index (κ2) is 5.64. The first-order chi connectivity index (χ1) is 9.16. The van der Waals surface area contributed by atoms with Crippen LogP contribution in [0.15, 0.2) is 30.5 Å². The average molecular weight is 293 g/mol. The number of pyridine rings is 1. The lowest BCUT2D eigenvalue weighted by atomic mass is 9.92. The van der Waals surface area contributed by atoms with Crippen LogP contribution in [-0.2, 0) is 4.79 Å². The van der Waals surface area contributed by atoms with Crippen LogP contribution in [0.25, 0.3) is 10.9 Å². The van der Waals surface area contributed by atoms with E-state index in [1.54, 1.807) is 12.3 Å². The number of nitrogens with two attached hydrogens (primary N) is 2. The van der Waals surface area contributed by atoms with Crippen LogP contribution in [0.3, 0.4) is 0 Å². The average Bonchev–Trinajstić information content (AvgIpc) is 2.84. The van der Waals surface area contributed by atoms with Crippen molar-refractivity contribution in [1.29, 1.82) is 0 Å². The molecule has 1 aromatic carbocycles. The Hall–Kier alpha value is -1.85. The van der Waals surface area contributed by atoms with Crippen LogP contribution in [0.4, 0.5) is 5.69 Å². The molecule has 2 heterocycles. The van der Waals surface area contributed by atoms with E-state index < -0.39 is 0 Å². The van der Waals surface area contributed by atoms with Gasteiger partial charge in [0, 0.05) is 29.9 Å². The molecule has 6 heteroatoms. The quantitative estimate of drug-likeness (QED) is 0.779. The van der Waals surface area contributed by atoms with Gasteiger partial charge in [-0.15, -0.1) is 12.4 Å². The van der Waals surface area contributed by atoms with Crippen LogP contribution in [0.2, 0.25) is 0 Å². The topological polar surface area (TPSA) is 94.0 Å². The molecule has 0 bridgehead atoms. The lowest BCUT2D eigenvalue weighted by molar-refractivity contribution is -0.123. The number of hydrogen-bond acceptors (Lipinski definition) is 4. The summed E-state index contributed by atoms with van der Waals surface area (Å²) in [4.78, 5) is 16.0. The van der Waals surface area contributed by atoms with E-state index in [0.29, 0.717) is 12.2 Å². The zero-order valence-electron chi connectivity index (χ0n) is 10.9. The summed E-state index contributed by atoms with van der Waals surface area (Å²) in [5.41, 5.74) is 14.5. The molecule has 0 spiro atoms. The summed E-state index contributed by atoms with van der Waals surface area (Å²) in [7, 11) is 0. The number of anilines is 1. The van der Waals surface area contributed by atoms with Crippen LogP contribution in [0.5, 0.6) is 0 Å². The lowest BCUT2D eigenvalue weighted by Crippen LogP contribution is -2.28. The highest BCUT2D eigenvalue weighted by atomic mass is 35.5. The molecular formula is C14H17ClN4O. The highest BCUT2D eigenvalue weighted by Crippen LogP contribution is 2.28. The van der Waals surface area contributed by atoms with Gasteiger partial charge in [-0.05, 0) is 24.1 Å². The molecule has 2 aromatic rings. The molecule has 5 nitrogen and oxygen atoms in total. The third kappa shape index (κ3) is 2.42. The van der Waals surface area contributed by atoms with Crippen molar-refractivity contribution in [3.8, 4) is 0 Å². The maximum atomic E-state index is 11.7. The molecule has 1 aromatic heterocycles. The number of aromatic nitrogens is 1. The number of amides is 1. The highest BCUT2D eigenvalue weighted by Gasteiger charge is 2.30. The van der Waals surface area contributed by atoms with Gasteiger partial charge >= 0.3 is 0 Å². The third-order valence-electron chi connectivity index (χ3n) is 3.71. The Kier molecular flexibility index (Phi) is 4.11. The number of carbonyl (C=O) groups is 1. The Morgan fingerprint density at radius 3 is 2.85 bits per heavy atom. The molecule has 20 heavy (non-hydrogen) atoms. The first-order valence-electron chi connectivity index (χ1n) is 6.34. The van der Waals surface area contributed by atoms with Gasteiger partial charge in [-0.25, -0.2) is 0 Å². The largest absolute Gasteiger partial charge is 0.398 e. The molecule has 3 rings (SSSR count). The number of nitrogens with zero attached hydrogens (tertiary/aromatic N) is 1. The van der Waals surface area contributed by atoms with Gasteiger partial charge in [0.2, 0.25) is 5.91 Å². The monoisotopic (exact) mass is 292 g/mol. The minimum absolute atomic E-state index is 0. The van der Waals surface area contributed by atoms with Crippen molar-refractivity contribution in [2.75, 3.05) is 12.3 Å². The van der Waals surface area contributed by atoms with Gasteiger partial charge in [-0.2, -0.15) is 0 Å². The fourth-order valence-electron chi connectivity index (χ4n) is 2.58. The standard InChI is InChI=1S/C14H16N4O.ClH/c15-11-4-6-17-12-7-8(1-2-9(11)12)13(16)10-3-5-18-14(10)19;/h1-2,4,6-7,10,13H,3,5,16H2,(H2,15,17)(H,18,19);1H. The van der Waals surface area contributed by atoms with E-state index in [0.717, 1.165) is 22.9 Å².